The number of rotatable bonds is 3. The maximum atomic E-state index is 13.9. The molecule has 4 rings (SSSR count). The molecule has 1 aromatic heterocycles. The molecular weight excluding hydrogens is 398 g/mol. The summed E-state index contributed by atoms with van der Waals surface area (Å²) in [4.78, 5) is 12.3. The molecule has 0 saturated heterocycles. The zero-order valence-corrected chi connectivity index (χ0v) is 15.9. The van der Waals surface area contributed by atoms with E-state index in [1.165, 1.54) is 0 Å². The molecule has 4 aromatic rings. The third kappa shape index (κ3) is 3.30. The lowest BCUT2D eigenvalue weighted by atomic mass is 9.98. The van der Waals surface area contributed by atoms with E-state index in [2.05, 4.69) is 21.6 Å². The zero-order chi connectivity index (χ0) is 21.6. The van der Waals surface area contributed by atoms with E-state index in [1.807, 2.05) is 38.1 Å². The third-order valence-electron chi connectivity index (χ3n) is 4.85. The molecule has 0 aliphatic heterocycles. The summed E-state index contributed by atoms with van der Waals surface area (Å²) in [6.45, 7) is 3.98. The maximum Gasteiger partial charge on any atom is 0.260 e. The summed E-state index contributed by atoms with van der Waals surface area (Å²) < 4.78 is 53.8. The molecule has 0 radical (unpaired) electrons. The van der Waals surface area contributed by atoms with E-state index in [0.717, 1.165) is 22.3 Å². The minimum absolute atomic E-state index is 0.0482. The molecule has 0 aliphatic rings. The van der Waals surface area contributed by atoms with E-state index in [4.69, 9.17) is 0 Å². The molecular formula is C22H15F4N3O. The lowest BCUT2D eigenvalue weighted by molar-refractivity contribution is 0.102. The second-order valence-corrected chi connectivity index (χ2v) is 6.95. The van der Waals surface area contributed by atoms with Crippen LogP contribution in [0.2, 0.25) is 0 Å². The number of aromatic amines is 1. The first kappa shape index (κ1) is 19.6. The van der Waals surface area contributed by atoms with Gasteiger partial charge in [-0.2, -0.15) is 5.10 Å². The summed E-state index contributed by atoms with van der Waals surface area (Å²) in [5.74, 6) is -8.57. The van der Waals surface area contributed by atoms with Crippen LogP contribution in [0.3, 0.4) is 0 Å². The van der Waals surface area contributed by atoms with Crippen LogP contribution in [-0.2, 0) is 0 Å². The molecule has 0 unspecified atom stereocenters. The Hall–Kier alpha value is -3.68. The first-order chi connectivity index (χ1) is 14.3. The minimum Gasteiger partial charge on any atom is -0.304 e. The van der Waals surface area contributed by atoms with Gasteiger partial charge in [-0.1, -0.05) is 29.8 Å². The van der Waals surface area contributed by atoms with Gasteiger partial charge in [0, 0.05) is 5.39 Å². The summed E-state index contributed by atoms with van der Waals surface area (Å²) in [6, 6.07) is 11.8. The average molecular weight is 413 g/mol. The highest BCUT2D eigenvalue weighted by Gasteiger charge is 2.24. The molecule has 0 fully saturated rings. The molecule has 30 heavy (non-hydrogen) atoms. The molecule has 0 saturated carbocycles. The van der Waals surface area contributed by atoms with Crippen LogP contribution in [0.5, 0.6) is 0 Å². The summed E-state index contributed by atoms with van der Waals surface area (Å²) in [7, 11) is 0. The van der Waals surface area contributed by atoms with Crippen LogP contribution in [0, 0.1) is 37.1 Å². The highest BCUT2D eigenvalue weighted by atomic mass is 19.2. The Morgan fingerprint density at radius 2 is 1.70 bits per heavy atom. The van der Waals surface area contributed by atoms with Gasteiger partial charge in [0.05, 0.1) is 11.1 Å². The predicted molar refractivity (Wildman–Crippen MR) is 105 cm³/mol. The number of fused-ring (bicyclic) bond motifs is 1. The minimum atomic E-state index is -2.05. The van der Waals surface area contributed by atoms with E-state index >= 15 is 0 Å². The number of hydrogen-bond donors (Lipinski definition) is 2. The fourth-order valence-corrected chi connectivity index (χ4v) is 3.24. The summed E-state index contributed by atoms with van der Waals surface area (Å²) in [5.41, 5.74) is 3.79. The predicted octanol–water partition coefficient (Wildman–Crippen LogP) is 5.66. The Morgan fingerprint density at radius 3 is 2.47 bits per heavy atom. The van der Waals surface area contributed by atoms with Crippen LogP contribution >= 0.6 is 0 Å². The molecule has 0 spiro atoms. The van der Waals surface area contributed by atoms with Gasteiger partial charge in [0.15, 0.2) is 29.1 Å². The number of aromatic nitrogens is 2. The Labute approximate surface area is 168 Å². The van der Waals surface area contributed by atoms with Gasteiger partial charge in [-0.3, -0.25) is 9.89 Å². The van der Waals surface area contributed by atoms with Crippen molar-refractivity contribution in [1.82, 2.24) is 10.2 Å². The second-order valence-electron chi connectivity index (χ2n) is 6.95. The number of benzene rings is 3. The molecule has 8 heteroatoms. The molecule has 0 atom stereocenters. The van der Waals surface area contributed by atoms with Crippen molar-refractivity contribution in [1.29, 1.82) is 0 Å². The van der Waals surface area contributed by atoms with Crippen LogP contribution in [0.15, 0.2) is 42.5 Å². The van der Waals surface area contributed by atoms with E-state index in [9.17, 15) is 22.4 Å². The molecule has 4 nitrogen and oxygen atoms in total. The van der Waals surface area contributed by atoms with E-state index in [0.29, 0.717) is 17.0 Å². The molecule has 152 valence electrons. The fourth-order valence-electron chi connectivity index (χ4n) is 3.24. The number of hydrogen-bond acceptors (Lipinski definition) is 2. The Balaban J connectivity index is 1.68. The van der Waals surface area contributed by atoms with Crippen molar-refractivity contribution in [2.45, 2.75) is 13.8 Å². The maximum absolute atomic E-state index is 13.9. The van der Waals surface area contributed by atoms with Crippen LogP contribution in [-0.4, -0.2) is 16.1 Å². The SMILES string of the molecule is Cc1ccc(C)c(-c2ccc3c(NC(=O)c4cc(F)c(F)c(F)c4F)n[nH]c3c2)c1. The number of carbonyl (C=O) groups is 1. The summed E-state index contributed by atoms with van der Waals surface area (Å²) in [6.07, 6.45) is 0. The van der Waals surface area contributed by atoms with Gasteiger partial charge in [-0.25, -0.2) is 17.6 Å². The molecule has 2 N–H and O–H groups in total. The largest absolute Gasteiger partial charge is 0.304 e. The first-order valence-electron chi connectivity index (χ1n) is 8.96. The smallest absolute Gasteiger partial charge is 0.260 e. The van der Waals surface area contributed by atoms with Gasteiger partial charge >= 0.3 is 0 Å². The highest BCUT2D eigenvalue weighted by molar-refractivity contribution is 6.08. The highest BCUT2D eigenvalue weighted by Crippen LogP contribution is 2.30. The zero-order valence-electron chi connectivity index (χ0n) is 15.9. The number of halogens is 4. The standard InChI is InChI=1S/C22H15F4N3O/c1-10-3-4-11(2)14(7-10)12-5-6-13-17(8-12)28-29-21(13)27-22(30)15-9-16(23)19(25)20(26)18(15)24/h3-9H,1-2H3,(H2,27,28,29,30). The van der Waals surface area contributed by atoms with Gasteiger partial charge in [0.2, 0.25) is 0 Å². The van der Waals surface area contributed by atoms with Gasteiger partial charge in [-0.15, -0.1) is 0 Å². The van der Waals surface area contributed by atoms with Crippen molar-refractivity contribution in [2.75, 3.05) is 5.32 Å². The topological polar surface area (TPSA) is 57.8 Å². The van der Waals surface area contributed by atoms with E-state index < -0.39 is 34.7 Å². The Bertz CT molecular complexity index is 1310. The van der Waals surface area contributed by atoms with Crippen molar-refractivity contribution < 1.29 is 22.4 Å². The molecule has 1 amide bonds. The van der Waals surface area contributed by atoms with Crippen LogP contribution in [0.1, 0.15) is 21.5 Å². The third-order valence-corrected chi connectivity index (χ3v) is 4.85. The van der Waals surface area contributed by atoms with Crippen molar-refractivity contribution in [3.05, 3.63) is 82.4 Å². The van der Waals surface area contributed by atoms with Crippen LogP contribution in [0.25, 0.3) is 22.0 Å². The van der Waals surface area contributed by atoms with Crippen LogP contribution in [0.4, 0.5) is 23.4 Å². The van der Waals surface area contributed by atoms with Gasteiger partial charge < -0.3 is 5.32 Å². The van der Waals surface area contributed by atoms with Crippen molar-refractivity contribution in [2.24, 2.45) is 0 Å². The average Bonchev–Trinajstić information content (AvgIpc) is 3.12. The lowest BCUT2D eigenvalue weighted by Gasteiger charge is -2.08. The van der Waals surface area contributed by atoms with Crippen LogP contribution < -0.4 is 5.32 Å². The van der Waals surface area contributed by atoms with Gasteiger partial charge in [0.25, 0.3) is 5.91 Å². The number of anilines is 1. The number of amides is 1. The fraction of sp³-hybridized carbons (Fsp3) is 0.0909. The summed E-state index contributed by atoms with van der Waals surface area (Å²) >= 11 is 0. The monoisotopic (exact) mass is 413 g/mol. The quantitative estimate of drug-likeness (QED) is 0.259. The molecule has 1 heterocycles. The molecule has 0 aliphatic carbocycles. The number of aryl methyl sites for hydroxylation is 2. The Kier molecular flexibility index (Phi) is 4.77. The normalized spacial score (nSPS) is 11.1. The van der Waals surface area contributed by atoms with Crippen molar-refractivity contribution >= 4 is 22.6 Å². The van der Waals surface area contributed by atoms with Crippen molar-refractivity contribution in [3.8, 4) is 11.1 Å². The molecule has 0 bridgehead atoms. The van der Waals surface area contributed by atoms with Crippen molar-refractivity contribution in [3.63, 3.8) is 0 Å². The number of nitrogens with one attached hydrogen (secondary N) is 2. The number of H-pyrrole nitrogens is 1. The molecule has 3 aromatic carbocycles. The number of carbonyl (C=O) groups excluding carboxylic acids is 1. The summed E-state index contributed by atoms with van der Waals surface area (Å²) in [5, 5.41) is 9.57. The van der Waals surface area contributed by atoms with E-state index in [-0.39, 0.29) is 5.82 Å². The second kappa shape index (κ2) is 7.29. The Morgan fingerprint density at radius 1 is 0.933 bits per heavy atom. The van der Waals surface area contributed by atoms with Gasteiger partial charge in [0.1, 0.15) is 0 Å². The van der Waals surface area contributed by atoms with Gasteiger partial charge in [-0.05, 0) is 48.7 Å². The first-order valence-corrected chi connectivity index (χ1v) is 8.96. The number of nitrogens with zero attached hydrogens (tertiary/aromatic N) is 1. The lowest BCUT2D eigenvalue weighted by Crippen LogP contribution is -2.16. The van der Waals surface area contributed by atoms with E-state index in [1.54, 1.807) is 6.07 Å².